The van der Waals surface area contributed by atoms with Gasteiger partial charge in [0, 0.05) is 11.1 Å². The van der Waals surface area contributed by atoms with E-state index < -0.39 is 56.2 Å². The Morgan fingerprint density at radius 3 is 2.68 bits per heavy atom. The van der Waals surface area contributed by atoms with E-state index in [9.17, 15) is 33.1 Å². The monoisotopic (exact) mass is 580 g/mol. The Labute approximate surface area is 220 Å². The molecular formula is C20H16N6O7S4. The summed E-state index contributed by atoms with van der Waals surface area (Å²) in [4.78, 5) is 46.6. The van der Waals surface area contributed by atoms with Crippen LogP contribution in [0.25, 0.3) is 10.2 Å². The SMILES string of the molecule is Nc1nc(/C(=N/O)C(=O)NC2C(=O)N3C(C(=O)O)=C(CS(=O)(=O)c4nc5ccccc5s4)CS[C@H]23)cs1. The highest BCUT2D eigenvalue weighted by atomic mass is 32.2. The van der Waals surface area contributed by atoms with Crippen molar-refractivity contribution in [2.45, 2.75) is 15.8 Å². The van der Waals surface area contributed by atoms with Crippen molar-refractivity contribution in [3.63, 3.8) is 0 Å². The van der Waals surface area contributed by atoms with Gasteiger partial charge in [-0.1, -0.05) is 17.3 Å². The van der Waals surface area contributed by atoms with Crippen LogP contribution in [0.15, 0.2) is 50.4 Å². The summed E-state index contributed by atoms with van der Waals surface area (Å²) in [6, 6.07) is 5.78. The zero-order valence-electron chi connectivity index (χ0n) is 18.4. The number of β-lactam (4-membered cyclic amide) rings is 1. The molecule has 1 unspecified atom stereocenters. The first-order valence-corrected chi connectivity index (χ1v) is 14.7. The highest BCUT2D eigenvalue weighted by Gasteiger charge is 2.54. The number of oxime groups is 1. The van der Waals surface area contributed by atoms with Gasteiger partial charge in [0.1, 0.15) is 22.8 Å². The molecule has 1 saturated heterocycles. The number of aromatic nitrogens is 2. The van der Waals surface area contributed by atoms with E-state index in [1.807, 2.05) is 0 Å². The quantitative estimate of drug-likeness (QED) is 0.133. The second kappa shape index (κ2) is 9.40. The lowest BCUT2D eigenvalue weighted by Crippen LogP contribution is -2.71. The normalized spacial score (nSPS) is 20.1. The second-order valence-electron chi connectivity index (χ2n) is 7.84. The number of hydrogen-bond acceptors (Lipinski definition) is 13. The molecule has 2 amide bonds. The Kier molecular flexibility index (Phi) is 6.38. The maximum absolute atomic E-state index is 13.1. The Morgan fingerprint density at radius 1 is 1.27 bits per heavy atom. The fourth-order valence-electron chi connectivity index (χ4n) is 3.89. The fraction of sp³-hybridized carbons (Fsp3) is 0.200. The predicted octanol–water partition coefficient (Wildman–Crippen LogP) is 0.726. The molecule has 5 rings (SSSR count). The van der Waals surface area contributed by atoms with Crippen LogP contribution in [0.2, 0.25) is 0 Å². The Bertz CT molecular complexity index is 1590. The van der Waals surface area contributed by atoms with Gasteiger partial charge in [0.25, 0.3) is 11.8 Å². The molecule has 1 aromatic carbocycles. The van der Waals surface area contributed by atoms with E-state index in [1.54, 1.807) is 24.3 Å². The zero-order chi connectivity index (χ0) is 26.5. The molecule has 0 aliphatic carbocycles. The number of benzene rings is 1. The molecule has 192 valence electrons. The van der Waals surface area contributed by atoms with Crippen LogP contribution in [-0.2, 0) is 24.2 Å². The van der Waals surface area contributed by atoms with Gasteiger partial charge in [0.2, 0.25) is 14.2 Å². The highest BCUT2D eigenvalue weighted by molar-refractivity contribution is 8.00. The van der Waals surface area contributed by atoms with Gasteiger partial charge in [0.05, 0.1) is 16.0 Å². The van der Waals surface area contributed by atoms with Gasteiger partial charge < -0.3 is 21.4 Å². The summed E-state index contributed by atoms with van der Waals surface area (Å²) in [5.74, 6) is -3.74. The van der Waals surface area contributed by atoms with Crippen LogP contribution in [0.1, 0.15) is 5.69 Å². The summed E-state index contributed by atoms with van der Waals surface area (Å²) in [5.41, 5.74) is 5.21. The lowest BCUT2D eigenvalue weighted by atomic mass is 10.0. The van der Waals surface area contributed by atoms with Crippen molar-refractivity contribution < 1.29 is 33.1 Å². The molecule has 2 aromatic heterocycles. The number of carbonyl (C=O) groups is 3. The largest absolute Gasteiger partial charge is 0.477 e. The number of carboxylic acids is 1. The number of anilines is 1. The third-order valence-corrected chi connectivity index (χ3v) is 10.7. The van der Waals surface area contributed by atoms with E-state index in [-0.39, 0.29) is 26.5 Å². The van der Waals surface area contributed by atoms with Crippen molar-refractivity contribution in [3.05, 3.63) is 46.6 Å². The molecule has 0 saturated carbocycles. The van der Waals surface area contributed by atoms with Crippen molar-refractivity contribution in [2.75, 3.05) is 17.2 Å². The number of carboxylic acid groups (broad SMARTS) is 1. The molecule has 37 heavy (non-hydrogen) atoms. The van der Waals surface area contributed by atoms with Gasteiger partial charge in [-0.25, -0.2) is 23.2 Å². The predicted molar refractivity (Wildman–Crippen MR) is 136 cm³/mol. The number of carbonyl (C=O) groups excluding carboxylic acids is 2. The third kappa shape index (κ3) is 4.43. The van der Waals surface area contributed by atoms with Gasteiger partial charge in [-0.15, -0.1) is 34.4 Å². The molecule has 2 aliphatic heterocycles. The minimum absolute atomic E-state index is 0.00383. The van der Waals surface area contributed by atoms with Crippen molar-refractivity contribution >= 4 is 83.1 Å². The number of amides is 2. The third-order valence-electron chi connectivity index (χ3n) is 5.52. The summed E-state index contributed by atoms with van der Waals surface area (Å²) < 4.78 is 26.7. The molecule has 5 N–H and O–H groups in total. The summed E-state index contributed by atoms with van der Waals surface area (Å²) in [7, 11) is -3.99. The van der Waals surface area contributed by atoms with Crippen LogP contribution < -0.4 is 11.1 Å². The Morgan fingerprint density at radius 2 is 2.03 bits per heavy atom. The van der Waals surface area contributed by atoms with Gasteiger partial charge >= 0.3 is 5.97 Å². The van der Waals surface area contributed by atoms with Crippen molar-refractivity contribution in [1.82, 2.24) is 20.2 Å². The molecule has 4 heterocycles. The number of sulfone groups is 1. The lowest BCUT2D eigenvalue weighted by Gasteiger charge is -2.49. The van der Waals surface area contributed by atoms with E-state index in [2.05, 4.69) is 20.4 Å². The van der Waals surface area contributed by atoms with E-state index in [0.717, 1.165) is 39.3 Å². The molecule has 2 aliphatic rings. The molecule has 0 spiro atoms. The minimum atomic E-state index is -3.99. The average molecular weight is 581 g/mol. The molecular weight excluding hydrogens is 565 g/mol. The number of para-hydroxylation sites is 1. The van der Waals surface area contributed by atoms with E-state index in [4.69, 9.17) is 5.73 Å². The molecule has 3 aromatic rings. The van der Waals surface area contributed by atoms with E-state index >= 15 is 0 Å². The first-order chi connectivity index (χ1) is 17.6. The van der Waals surface area contributed by atoms with Crippen molar-refractivity contribution in [3.8, 4) is 0 Å². The van der Waals surface area contributed by atoms with Crippen LogP contribution in [0.4, 0.5) is 5.13 Å². The van der Waals surface area contributed by atoms with Gasteiger partial charge in [-0.3, -0.25) is 14.5 Å². The van der Waals surface area contributed by atoms with Gasteiger partial charge in [0.15, 0.2) is 10.8 Å². The number of fused-ring (bicyclic) bond motifs is 2. The summed E-state index contributed by atoms with van der Waals surface area (Å²) in [5, 5.41) is 25.2. The van der Waals surface area contributed by atoms with Gasteiger partial charge in [-0.2, -0.15) is 0 Å². The lowest BCUT2D eigenvalue weighted by molar-refractivity contribution is -0.150. The van der Waals surface area contributed by atoms with Crippen LogP contribution in [0.3, 0.4) is 0 Å². The number of thioether (sulfide) groups is 1. The number of hydrogen-bond donors (Lipinski definition) is 4. The minimum Gasteiger partial charge on any atom is -0.477 e. The molecule has 0 bridgehead atoms. The summed E-state index contributed by atoms with van der Waals surface area (Å²) in [6.45, 7) is 0. The maximum atomic E-state index is 13.1. The number of rotatable bonds is 7. The van der Waals surface area contributed by atoms with Crippen LogP contribution in [-0.4, -0.2) is 80.0 Å². The second-order valence-corrected chi connectivity index (χ2v) is 13.0. The standard InChI is InChI=1S/C20H16N6O7S4/c21-19-22-10(6-35-19)12(25-31)15(27)24-13-16(28)26-14(18(29)30)8(5-34-17(13)26)7-37(32,33)20-23-9-3-1-2-4-11(9)36-20/h1-4,6,13,17,31H,5,7H2,(H2,21,22)(H,24,27)(H,29,30)/b25-12-/t13?,17-/m1/s1. The molecule has 13 nitrogen and oxygen atoms in total. The number of nitrogens with two attached hydrogens (primary N) is 1. The number of aliphatic carboxylic acids is 1. The Balaban J connectivity index is 1.37. The first kappa shape index (κ1) is 25.1. The zero-order valence-corrected chi connectivity index (χ0v) is 21.7. The number of nitrogens with zero attached hydrogens (tertiary/aromatic N) is 4. The van der Waals surface area contributed by atoms with E-state index in [1.165, 1.54) is 5.38 Å². The first-order valence-electron chi connectivity index (χ1n) is 10.3. The molecule has 1 fully saturated rings. The fourth-order valence-corrected chi connectivity index (χ4v) is 8.62. The topological polar surface area (TPSA) is 205 Å². The molecule has 0 radical (unpaired) electrons. The number of thiazole rings is 2. The average Bonchev–Trinajstić information content (AvgIpc) is 3.49. The number of nitrogen functional groups attached to an aromatic ring is 1. The van der Waals surface area contributed by atoms with E-state index in [0.29, 0.717) is 10.2 Å². The summed E-state index contributed by atoms with van der Waals surface area (Å²) in [6.07, 6.45) is 0. The van der Waals surface area contributed by atoms with Crippen LogP contribution >= 0.6 is 34.4 Å². The summed E-state index contributed by atoms with van der Waals surface area (Å²) >= 11 is 3.11. The van der Waals surface area contributed by atoms with Crippen molar-refractivity contribution in [2.24, 2.45) is 5.16 Å². The van der Waals surface area contributed by atoms with Crippen molar-refractivity contribution in [1.29, 1.82) is 0 Å². The smallest absolute Gasteiger partial charge is 0.352 e. The van der Waals surface area contributed by atoms with Crippen LogP contribution in [0, 0.1) is 0 Å². The van der Waals surface area contributed by atoms with Crippen LogP contribution in [0.5, 0.6) is 0 Å². The Hall–Kier alpha value is -3.54. The molecule has 17 heteroatoms. The van der Waals surface area contributed by atoms with Gasteiger partial charge in [-0.05, 0) is 17.7 Å². The molecule has 2 atom stereocenters. The number of nitrogens with one attached hydrogen (secondary N) is 1. The maximum Gasteiger partial charge on any atom is 0.352 e. The highest BCUT2D eigenvalue weighted by Crippen LogP contribution is 2.41.